The summed E-state index contributed by atoms with van der Waals surface area (Å²) in [5, 5.41) is 5.55. The molecule has 2 saturated heterocycles. The molecule has 0 aliphatic carbocycles. The largest absolute Gasteiger partial charge is 0.453 e. The zero-order valence-electron chi connectivity index (χ0n) is 36.8. The van der Waals surface area contributed by atoms with E-state index >= 15 is 0 Å². The Balaban J connectivity index is 1.13. The van der Waals surface area contributed by atoms with Crippen LogP contribution in [-0.2, 0) is 19.1 Å². The van der Waals surface area contributed by atoms with Crippen LogP contribution in [0.15, 0.2) is 60.9 Å². The highest BCUT2D eigenvalue weighted by molar-refractivity contribution is 6.78. The molecule has 60 heavy (non-hydrogen) atoms. The zero-order chi connectivity index (χ0) is 43.6. The number of aromatic amines is 2. The molecule has 14 nitrogen and oxygen atoms in total. The van der Waals surface area contributed by atoms with Gasteiger partial charge in [0.25, 0.3) is 0 Å². The molecule has 2 aliphatic rings. The molecule has 2 aliphatic heterocycles. The van der Waals surface area contributed by atoms with E-state index in [9.17, 15) is 19.2 Å². The first-order valence-electron chi connectivity index (χ1n) is 20.9. The van der Waals surface area contributed by atoms with Gasteiger partial charge in [0.05, 0.1) is 58.2 Å². The first-order valence-corrected chi connectivity index (χ1v) is 24.3. The molecule has 0 bridgehead atoms. The van der Waals surface area contributed by atoms with Crippen LogP contribution in [0.4, 0.5) is 9.59 Å². The maximum absolute atomic E-state index is 14.1. The van der Waals surface area contributed by atoms with Gasteiger partial charge in [-0.3, -0.25) is 9.59 Å². The van der Waals surface area contributed by atoms with Crippen LogP contribution in [0.5, 0.6) is 0 Å². The summed E-state index contributed by atoms with van der Waals surface area (Å²) in [5.41, 5.74) is 5.43. The van der Waals surface area contributed by atoms with Gasteiger partial charge < -0.3 is 39.9 Å². The highest BCUT2D eigenvalue weighted by Crippen LogP contribution is 2.39. The number of benzene rings is 2. The fourth-order valence-corrected chi connectivity index (χ4v) is 11.4. The van der Waals surface area contributed by atoms with E-state index < -0.39 is 32.3 Å². The summed E-state index contributed by atoms with van der Waals surface area (Å²) >= 11 is 0. The molecular weight excluding hydrogens is 777 g/mol. The van der Waals surface area contributed by atoms with Crippen LogP contribution in [0.1, 0.15) is 91.0 Å². The van der Waals surface area contributed by atoms with Gasteiger partial charge in [0.1, 0.15) is 23.7 Å². The van der Waals surface area contributed by atoms with Gasteiger partial charge in [-0.1, -0.05) is 103 Å². The number of carbonyl (C=O) groups is 4. The van der Waals surface area contributed by atoms with Crippen molar-refractivity contribution in [1.82, 2.24) is 40.4 Å². The Bertz CT molecular complexity index is 2150. The molecule has 0 spiro atoms. The average Bonchev–Trinajstić information content (AvgIpc) is 4.02. The van der Waals surface area contributed by atoms with Crippen LogP contribution in [0, 0.1) is 10.8 Å². The highest BCUT2D eigenvalue weighted by Gasteiger charge is 2.46. The van der Waals surface area contributed by atoms with Gasteiger partial charge in [-0.15, -0.1) is 0 Å². The van der Waals surface area contributed by atoms with Gasteiger partial charge >= 0.3 is 12.2 Å². The van der Waals surface area contributed by atoms with Crippen molar-refractivity contribution in [2.45, 2.75) is 111 Å². The first-order chi connectivity index (χ1) is 28.2. The lowest BCUT2D eigenvalue weighted by Crippen LogP contribution is -2.50. The van der Waals surface area contributed by atoms with Crippen molar-refractivity contribution in [2.24, 2.45) is 10.8 Å². The van der Waals surface area contributed by atoms with E-state index in [-0.39, 0.29) is 34.7 Å². The number of ether oxygens (including phenoxy) is 2. The molecule has 0 radical (unpaired) electrons. The van der Waals surface area contributed by atoms with Gasteiger partial charge in [0.15, 0.2) is 0 Å². The number of imidazole rings is 2. The maximum Gasteiger partial charge on any atom is 0.407 e. The first kappa shape index (κ1) is 44.1. The van der Waals surface area contributed by atoms with Crippen molar-refractivity contribution in [3.63, 3.8) is 0 Å². The summed E-state index contributed by atoms with van der Waals surface area (Å²) in [7, 11) is 0.843. The number of aromatic nitrogens is 4. The monoisotopic (exact) mass is 838 g/mol. The quantitative estimate of drug-likeness (QED) is 0.109. The molecular formula is C45H62N8O6Si. The van der Waals surface area contributed by atoms with E-state index in [0.29, 0.717) is 25.6 Å². The van der Waals surface area contributed by atoms with Crippen molar-refractivity contribution >= 4 is 32.1 Å². The molecule has 0 saturated carbocycles. The molecule has 4 heterocycles. The minimum Gasteiger partial charge on any atom is -0.453 e. The molecule has 4 N–H and O–H groups in total. The zero-order valence-corrected chi connectivity index (χ0v) is 37.8. The predicted molar refractivity (Wildman–Crippen MR) is 234 cm³/mol. The van der Waals surface area contributed by atoms with Crippen molar-refractivity contribution in [3.05, 3.63) is 72.6 Å². The molecule has 2 fully saturated rings. The van der Waals surface area contributed by atoms with Crippen LogP contribution in [0.3, 0.4) is 0 Å². The van der Waals surface area contributed by atoms with Gasteiger partial charge in [0, 0.05) is 12.7 Å². The van der Waals surface area contributed by atoms with Gasteiger partial charge in [0.2, 0.25) is 11.8 Å². The Morgan fingerprint density at radius 2 is 1.12 bits per heavy atom. The Labute approximate surface area is 354 Å². The van der Waals surface area contributed by atoms with E-state index in [1.807, 2.05) is 43.0 Å². The molecule has 15 heteroatoms. The van der Waals surface area contributed by atoms with E-state index in [2.05, 4.69) is 103 Å². The SMILES string of the molecule is COC(=O)N[C@@H](CC(C)(C)C)C(=O)N1CCC[C@H]1c1ncc(-c2ccc(-c3ccc(-c4cnc([C@@H]5C[Si](C)(C)CN5C(=O)[C@H](CC(C)(C)C)NC(=O)OC)[nH]4)cc3)cc2)[nH]1. The minimum atomic E-state index is -1.77. The van der Waals surface area contributed by atoms with Crippen molar-refractivity contribution in [2.75, 3.05) is 26.9 Å². The van der Waals surface area contributed by atoms with Crippen LogP contribution < -0.4 is 10.6 Å². The molecule has 2 aromatic heterocycles. The maximum atomic E-state index is 14.1. The number of amides is 4. The number of rotatable bonds is 11. The Morgan fingerprint density at radius 1 is 0.700 bits per heavy atom. The Hall–Kier alpha value is -5.44. The molecule has 2 aromatic carbocycles. The molecule has 4 atom stereocenters. The summed E-state index contributed by atoms with van der Waals surface area (Å²) in [6, 6.07) is 15.6. The summed E-state index contributed by atoms with van der Waals surface area (Å²) < 4.78 is 9.69. The van der Waals surface area contributed by atoms with Crippen LogP contribution >= 0.6 is 0 Å². The van der Waals surface area contributed by atoms with Gasteiger partial charge in [-0.05, 0) is 64.8 Å². The summed E-state index contributed by atoms with van der Waals surface area (Å²) in [5.74, 6) is 1.23. The molecule has 322 valence electrons. The predicted octanol–water partition coefficient (Wildman–Crippen LogP) is 8.25. The van der Waals surface area contributed by atoms with E-state index in [0.717, 1.165) is 64.2 Å². The van der Waals surface area contributed by atoms with E-state index in [1.54, 1.807) is 0 Å². The summed E-state index contributed by atoms with van der Waals surface area (Å²) in [4.78, 5) is 72.5. The molecule has 4 aromatic rings. The third-order valence-electron chi connectivity index (χ3n) is 11.3. The van der Waals surface area contributed by atoms with Crippen molar-refractivity contribution < 1.29 is 28.7 Å². The smallest absolute Gasteiger partial charge is 0.407 e. The van der Waals surface area contributed by atoms with Crippen LogP contribution in [-0.4, -0.2) is 101 Å². The number of hydrogen-bond donors (Lipinski definition) is 4. The fraction of sp³-hybridized carbons (Fsp3) is 0.511. The number of nitrogens with one attached hydrogen (secondary N) is 4. The second-order valence-corrected chi connectivity index (χ2v) is 24.5. The van der Waals surface area contributed by atoms with Crippen LogP contribution in [0.2, 0.25) is 19.1 Å². The third kappa shape index (κ3) is 10.6. The summed E-state index contributed by atoms with van der Waals surface area (Å²) in [6.07, 6.45) is 5.67. The van der Waals surface area contributed by atoms with Crippen LogP contribution in [0.25, 0.3) is 33.6 Å². The lowest BCUT2D eigenvalue weighted by atomic mass is 9.87. The number of nitrogens with zero attached hydrogens (tertiary/aromatic N) is 4. The minimum absolute atomic E-state index is 0.108. The Kier molecular flexibility index (Phi) is 13.0. The van der Waals surface area contributed by atoms with E-state index in [1.165, 1.54) is 14.2 Å². The highest BCUT2D eigenvalue weighted by atomic mass is 28.3. The normalized spacial score (nSPS) is 18.8. The summed E-state index contributed by atoms with van der Waals surface area (Å²) in [6.45, 7) is 17.5. The van der Waals surface area contributed by atoms with Gasteiger partial charge in [-0.25, -0.2) is 19.6 Å². The third-order valence-corrected chi connectivity index (χ3v) is 14.0. The lowest BCUT2D eigenvalue weighted by Gasteiger charge is -2.31. The second kappa shape index (κ2) is 17.6. The second-order valence-electron chi connectivity index (χ2n) is 19.5. The number of hydrogen-bond acceptors (Lipinski definition) is 8. The standard InChI is InChI=1S/C45H62N8O6Si/c1-44(2,3)22-32(50-42(56)58-7)40(54)52-21-11-12-36(52)38-46-24-34(48-38)30-17-13-28(14-18-30)29-15-19-31(20-16-29)35-25-47-39(49-35)37-26-60(9,10)27-53(37)41(55)33(23-45(4,5)6)51-43(57)59-8/h13-20,24-25,32-33,36-37H,11-12,21-23,26-27H2,1-10H3,(H,46,48)(H,47,49)(H,50,56)(H,51,57)/t32-,33-,36-,37-/m0/s1. The number of alkyl carbamates (subject to hydrolysis) is 2. The van der Waals surface area contributed by atoms with E-state index in [4.69, 9.17) is 19.4 Å². The number of likely N-dealkylation sites (tertiary alicyclic amines) is 1. The van der Waals surface area contributed by atoms with Crippen molar-refractivity contribution in [3.8, 4) is 33.6 Å². The molecule has 0 unspecified atom stereocenters. The van der Waals surface area contributed by atoms with Gasteiger partial charge in [-0.2, -0.15) is 0 Å². The molecule has 4 amide bonds. The average molecular weight is 839 g/mol. The number of carbonyl (C=O) groups excluding carboxylic acids is 4. The number of methoxy groups -OCH3 is 2. The molecule has 6 rings (SSSR count). The Morgan fingerprint density at radius 3 is 1.55 bits per heavy atom. The van der Waals surface area contributed by atoms with Crippen molar-refractivity contribution in [1.29, 1.82) is 0 Å². The lowest BCUT2D eigenvalue weighted by molar-refractivity contribution is -0.135. The fourth-order valence-electron chi connectivity index (χ4n) is 8.48. The number of H-pyrrole nitrogens is 2. The topological polar surface area (TPSA) is 175 Å².